The Morgan fingerprint density at radius 1 is 1.03 bits per heavy atom. The fourth-order valence-corrected chi connectivity index (χ4v) is 3.71. The van der Waals surface area contributed by atoms with Gasteiger partial charge in [-0.25, -0.2) is 4.79 Å². The van der Waals surface area contributed by atoms with Crippen LogP contribution < -0.4 is 5.32 Å². The minimum Gasteiger partial charge on any atom is -0.475 e. The number of nitrogens with zero attached hydrogens (tertiary/aromatic N) is 4. The van der Waals surface area contributed by atoms with Crippen LogP contribution in [0.1, 0.15) is 35.2 Å². The number of hydrogen-bond acceptors (Lipinski definition) is 5. The Morgan fingerprint density at radius 2 is 1.69 bits per heavy atom. The van der Waals surface area contributed by atoms with Crippen LogP contribution in [0.15, 0.2) is 54.7 Å². The van der Waals surface area contributed by atoms with E-state index in [1.54, 1.807) is 0 Å². The number of likely N-dealkylation sites (tertiary alicyclic amines) is 1. The Hall–Kier alpha value is -3.73. The lowest BCUT2D eigenvalue weighted by molar-refractivity contribution is -0.192. The number of para-hydroxylation sites is 1. The fourth-order valence-electron chi connectivity index (χ4n) is 3.71. The molecule has 36 heavy (non-hydrogen) atoms. The molecule has 0 atom stereocenters. The van der Waals surface area contributed by atoms with Crippen LogP contribution in [0.4, 0.5) is 18.9 Å². The number of aliphatic carboxylic acids is 1. The van der Waals surface area contributed by atoms with Crippen molar-refractivity contribution in [3.05, 3.63) is 65.9 Å². The van der Waals surface area contributed by atoms with Gasteiger partial charge < -0.3 is 15.3 Å². The number of anilines is 1. The number of aromatic nitrogens is 3. The van der Waals surface area contributed by atoms with Gasteiger partial charge >= 0.3 is 12.1 Å². The maximum atomic E-state index is 12.7. The molecule has 3 aromatic rings. The van der Waals surface area contributed by atoms with Crippen LogP contribution >= 0.6 is 0 Å². The standard InChI is InChI=1S/C23H27N5O.C2HF3O2/c1-18-10-11-19(16-21(18)23(29)24-20-8-4-2-5-9-20)22-17-28(26-25-22)15-14-27-12-6-3-7-13-27;3-2(4,5)1(6)7/h2,4-5,8-11,16-17H,3,6-7,12-15H2,1H3,(H,24,29);(H,6,7). The lowest BCUT2D eigenvalue weighted by Gasteiger charge is -2.25. The van der Waals surface area contributed by atoms with Crippen LogP contribution in [0.2, 0.25) is 0 Å². The molecule has 8 nitrogen and oxygen atoms in total. The Bertz CT molecular complexity index is 1160. The molecular weight excluding hydrogens is 475 g/mol. The number of rotatable bonds is 6. The molecule has 2 N–H and O–H groups in total. The number of carboxylic acids is 1. The second-order valence-electron chi connectivity index (χ2n) is 8.42. The topological polar surface area (TPSA) is 100 Å². The van der Waals surface area contributed by atoms with E-state index >= 15 is 0 Å². The number of nitrogens with one attached hydrogen (secondary N) is 1. The molecule has 4 rings (SSSR count). The molecule has 1 fully saturated rings. The number of alkyl halides is 3. The summed E-state index contributed by atoms with van der Waals surface area (Å²) >= 11 is 0. The first-order valence-corrected chi connectivity index (χ1v) is 11.5. The largest absolute Gasteiger partial charge is 0.490 e. The molecule has 192 valence electrons. The van der Waals surface area contributed by atoms with Gasteiger partial charge in [-0.1, -0.05) is 42.0 Å². The van der Waals surface area contributed by atoms with Crippen molar-refractivity contribution in [3.8, 4) is 11.3 Å². The van der Waals surface area contributed by atoms with E-state index in [2.05, 4.69) is 20.5 Å². The quantitative estimate of drug-likeness (QED) is 0.509. The van der Waals surface area contributed by atoms with Gasteiger partial charge in [0.2, 0.25) is 0 Å². The van der Waals surface area contributed by atoms with Crippen molar-refractivity contribution in [2.45, 2.75) is 38.9 Å². The van der Waals surface area contributed by atoms with Gasteiger partial charge in [-0.2, -0.15) is 13.2 Å². The van der Waals surface area contributed by atoms with Gasteiger partial charge in [-0.3, -0.25) is 9.48 Å². The SMILES string of the molecule is Cc1ccc(-c2cn(CCN3CCCCC3)nn2)cc1C(=O)Nc1ccccc1.O=C(O)C(F)(F)F. The number of carbonyl (C=O) groups excluding carboxylic acids is 1. The molecule has 1 saturated heterocycles. The van der Waals surface area contributed by atoms with E-state index in [0.717, 1.165) is 35.6 Å². The minimum atomic E-state index is -5.08. The van der Waals surface area contributed by atoms with Gasteiger partial charge in [0, 0.05) is 23.4 Å². The van der Waals surface area contributed by atoms with E-state index in [0.29, 0.717) is 5.56 Å². The molecular formula is C25H28F3N5O3. The first-order valence-electron chi connectivity index (χ1n) is 11.5. The van der Waals surface area contributed by atoms with Gasteiger partial charge in [0.1, 0.15) is 5.69 Å². The maximum Gasteiger partial charge on any atom is 0.490 e. The number of piperidine rings is 1. The third-order valence-corrected chi connectivity index (χ3v) is 5.68. The second kappa shape index (κ2) is 12.3. The molecule has 0 saturated carbocycles. The zero-order valence-electron chi connectivity index (χ0n) is 19.8. The molecule has 1 aromatic heterocycles. The third kappa shape index (κ3) is 7.91. The smallest absolute Gasteiger partial charge is 0.475 e. The zero-order chi connectivity index (χ0) is 26.1. The number of hydrogen-bond donors (Lipinski definition) is 2. The van der Waals surface area contributed by atoms with E-state index in [4.69, 9.17) is 9.90 Å². The van der Waals surface area contributed by atoms with Crippen LogP contribution in [0.25, 0.3) is 11.3 Å². The Morgan fingerprint density at radius 3 is 2.33 bits per heavy atom. The number of halogens is 3. The molecule has 0 aliphatic carbocycles. The van der Waals surface area contributed by atoms with Gasteiger partial charge in [0.05, 0.1) is 12.7 Å². The lowest BCUT2D eigenvalue weighted by atomic mass is 10.0. The first kappa shape index (κ1) is 26.9. The molecule has 2 heterocycles. The summed E-state index contributed by atoms with van der Waals surface area (Å²) in [4.78, 5) is 24.1. The highest BCUT2D eigenvalue weighted by Gasteiger charge is 2.38. The number of carbonyl (C=O) groups is 2. The number of benzene rings is 2. The van der Waals surface area contributed by atoms with Crippen molar-refractivity contribution in [2.75, 3.05) is 25.0 Å². The monoisotopic (exact) mass is 503 g/mol. The van der Waals surface area contributed by atoms with Crippen molar-refractivity contribution >= 4 is 17.6 Å². The van der Waals surface area contributed by atoms with E-state index in [1.807, 2.05) is 66.3 Å². The molecule has 11 heteroatoms. The molecule has 1 aliphatic heterocycles. The number of carboxylic acid groups (broad SMARTS) is 1. The highest BCUT2D eigenvalue weighted by atomic mass is 19.4. The van der Waals surface area contributed by atoms with E-state index in [-0.39, 0.29) is 5.91 Å². The highest BCUT2D eigenvalue weighted by molar-refractivity contribution is 6.05. The van der Waals surface area contributed by atoms with E-state index < -0.39 is 12.1 Å². The Labute approximate surface area is 206 Å². The highest BCUT2D eigenvalue weighted by Crippen LogP contribution is 2.22. The fraction of sp³-hybridized carbons (Fsp3) is 0.360. The molecule has 1 aliphatic rings. The van der Waals surface area contributed by atoms with Gasteiger partial charge in [0.25, 0.3) is 5.91 Å². The summed E-state index contributed by atoms with van der Waals surface area (Å²) in [6.07, 6.45) is 0.810. The number of aryl methyl sites for hydroxylation is 1. The average Bonchev–Trinajstić information content (AvgIpc) is 3.33. The molecule has 0 bridgehead atoms. The summed E-state index contributed by atoms with van der Waals surface area (Å²) in [5, 5.41) is 18.7. The molecule has 1 amide bonds. The van der Waals surface area contributed by atoms with Gasteiger partial charge in [0.15, 0.2) is 0 Å². The van der Waals surface area contributed by atoms with E-state index in [9.17, 15) is 18.0 Å². The predicted molar refractivity (Wildman–Crippen MR) is 129 cm³/mol. The van der Waals surface area contributed by atoms with Crippen molar-refractivity contribution < 1.29 is 27.9 Å². The summed E-state index contributed by atoms with van der Waals surface area (Å²) in [5.74, 6) is -2.87. The van der Waals surface area contributed by atoms with Crippen LogP contribution in [0.5, 0.6) is 0 Å². The zero-order valence-corrected chi connectivity index (χ0v) is 19.8. The maximum absolute atomic E-state index is 12.7. The van der Waals surface area contributed by atoms with Gasteiger partial charge in [-0.15, -0.1) is 5.10 Å². The summed E-state index contributed by atoms with van der Waals surface area (Å²) < 4.78 is 33.6. The summed E-state index contributed by atoms with van der Waals surface area (Å²) in [7, 11) is 0. The first-order chi connectivity index (χ1) is 17.1. The Kier molecular flexibility index (Phi) is 9.18. The number of amides is 1. The summed E-state index contributed by atoms with van der Waals surface area (Å²) in [6.45, 7) is 6.14. The second-order valence-corrected chi connectivity index (χ2v) is 8.42. The molecule has 2 aromatic carbocycles. The Balaban J connectivity index is 0.000000454. The molecule has 0 spiro atoms. The van der Waals surface area contributed by atoms with E-state index in [1.165, 1.54) is 32.4 Å². The van der Waals surface area contributed by atoms with Crippen LogP contribution in [0, 0.1) is 6.92 Å². The average molecular weight is 504 g/mol. The van der Waals surface area contributed by atoms with Crippen molar-refractivity contribution in [1.82, 2.24) is 19.9 Å². The van der Waals surface area contributed by atoms with Crippen LogP contribution in [-0.2, 0) is 11.3 Å². The van der Waals surface area contributed by atoms with Crippen LogP contribution in [-0.4, -0.2) is 62.7 Å². The summed E-state index contributed by atoms with van der Waals surface area (Å²) in [6, 6.07) is 15.3. The summed E-state index contributed by atoms with van der Waals surface area (Å²) in [5.41, 5.74) is 4.05. The van der Waals surface area contributed by atoms with Crippen molar-refractivity contribution in [3.63, 3.8) is 0 Å². The molecule has 0 radical (unpaired) electrons. The van der Waals surface area contributed by atoms with Crippen molar-refractivity contribution in [2.24, 2.45) is 0 Å². The normalized spacial score (nSPS) is 14.0. The third-order valence-electron chi connectivity index (χ3n) is 5.68. The van der Waals surface area contributed by atoms with Crippen molar-refractivity contribution in [1.29, 1.82) is 0 Å². The predicted octanol–water partition coefficient (Wildman–Crippen LogP) is 4.63. The van der Waals surface area contributed by atoms with Crippen LogP contribution in [0.3, 0.4) is 0 Å². The molecule has 0 unspecified atom stereocenters. The lowest BCUT2D eigenvalue weighted by Crippen LogP contribution is -2.32. The minimum absolute atomic E-state index is 0.118. The van der Waals surface area contributed by atoms with Gasteiger partial charge in [-0.05, 0) is 56.6 Å².